The molecule has 2 amide bonds. The number of thiazole rings is 1. The molecule has 1 N–H and O–H groups in total. The van der Waals surface area contributed by atoms with Gasteiger partial charge < -0.3 is 19.9 Å². The van der Waals surface area contributed by atoms with Crippen LogP contribution in [0.4, 0.5) is 15.6 Å². The van der Waals surface area contributed by atoms with Gasteiger partial charge in [0.2, 0.25) is 0 Å². The summed E-state index contributed by atoms with van der Waals surface area (Å²) < 4.78 is 6.35. The van der Waals surface area contributed by atoms with E-state index in [1.807, 2.05) is 47.4 Å². The Bertz CT molecular complexity index is 892. The van der Waals surface area contributed by atoms with Crippen LogP contribution in [0.1, 0.15) is 6.42 Å². The van der Waals surface area contributed by atoms with Gasteiger partial charge in [-0.05, 0) is 42.8 Å². The zero-order valence-corrected chi connectivity index (χ0v) is 16.0. The lowest BCUT2D eigenvalue weighted by molar-refractivity contribution is 0.215. The number of urea groups is 1. The fraction of sp³-hybridized carbons (Fsp3) is 0.300. The summed E-state index contributed by atoms with van der Waals surface area (Å²) in [7, 11) is 1.63. The highest BCUT2D eigenvalue weighted by Gasteiger charge is 2.21. The van der Waals surface area contributed by atoms with Gasteiger partial charge in [0.15, 0.2) is 5.13 Å². The molecule has 1 aliphatic heterocycles. The second kappa shape index (κ2) is 7.84. The average molecular weight is 382 g/mol. The summed E-state index contributed by atoms with van der Waals surface area (Å²) in [6.07, 6.45) is 0.923. The second-order valence-corrected chi connectivity index (χ2v) is 7.46. The Balaban J connectivity index is 1.39. The highest BCUT2D eigenvalue weighted by atomic mass is 32.1. The van der Waals surface area contributed by atoms with E-state index >= 15 is 0 Å². The molecule has 0 aliphatic carbocycles. The van der Waals surface area contributed by atoms with Crippen molar-refractivity contribution in [2.24, 2.45) is 0 Å². The van der Waals surface area contributed by atoms with Crippen LogP contribution in [0.15, 0.2) is 48.5 Å². The summed E-state index contributed by atoms with van der Waals surface area (Å²) in [6, 6.07) is 15.5. The number of para-hydroxylation sites is 1. The number of amides is 2. The minimum Gasteiger partial charge on any atom is -0.497 e. The molecule has 0 saturated carbocycles. The van der Waals surface area contributed by atoms with E-state index in [0.29, 0.717) is 6.54 Å². The lowest BCUT2D eigenvalue weighted by atomic mass is 10.3. The molecule has 7 heteroatoms. The molecule has 2 aromatic carbocycles. The summed E-state index contributed by atoms with van der Waals surface area (Å²) in [6.45, 7) is 3.11. The highest BCUT2D eigenvalue weighted by Crippen LogP contribution is 2.29. The van der Waals surface area contributed by atoms with E-state index in [2.05, 4.69) is 16.3 Å². The molecule has 6 nitrogen and oxygen atoms in total. The number of aromatic nitrogens is 1. The first-order chi connectivity index (χ1) is 13.2. The largest absolute Gasteiger partial charge is 0.497 e. The number of rotatable bonds is 3. The van der Waals surface area contributed by atoms with Gasteiger partial charge in [-0.1, -0.05) is 23.5 Å². The third-order valence-electron chi connectivity index (χ3n) is 4.68. The fourth-order valence-corrected chi connectivity index (χ4v) is 4.20. The molecule has 27 heavy (non-hydrogen) atoms. The molecule has 0 atom stereocenters. The number of carbonyl (C=O) groups is 1. The van der Waals surface area contributed by atoms with Gasteiger partial charge in [-0.3, -0.25) is 0 Å². The Morgan fingerprint density at radius 2 is 1.89 bits per heavy atom. The van der Waals surface area contributed by atoms with Crippen molar-refractivity contribution in [3.63, 3.8) is 0 Å². The number of carbonyl (C=O) groups excluding carboxylic acids is 1. The molecule has 1 aliphatic rings. The number of fused-ring (bicyclic) bond motifs is 1. The van der Waals surface area contributed by atoms with Crippen LogP contribution in [-0.4, -0.2) is 49.2 Å². The highest BCUT2D eigenvalue weighted by molar-refractivity contribution is 7.22. The summed E-state index contributed by atoms with van der Waals surface area (Å²) >= 11 is 1.71. The smallest absolute Gasteiger partial charge is 0.321 e. The maximum absolute atomic E-state index is 12.6. The van der Waals surface area contributed by atoms with Gasteiger partial charge in [0, 0.05) is 31.9 Å². The Morgan fingerprint density at radius 1 is 1.07 bits per heavy atom. The van der Waals surface area contributed by atoms with Crippen LogP contribution in [0.25, 0.3) is 10.2 Å². The normalized spacial score (nSPS) is 14.9. The van der Waals surface area contributed by atoms with E-state index in [1.165, 1.54) is 4.70 Å². The molecule has 1 aromatic heterocycles. The van der Waals surface area contributed by atoms with Crippen molar-refractivity contribution in [3.8, 4) is 5.75 Å². The van der Waals surface area contributed by atoms with Gasteiger partial charge in [-0.25, -0.2) is 9.78 Å². The predicted octanol–water partition coefficient (Wildman–Crippen LogP) is 4.05. The van der Waals surface area contributed by atoms with Crippen molar-refractivity contribution in [1.29, 1.82) is 0 Å². The molecule has 140 valence electrons. The van der Waals surface area contributed by atoms with E-state index < -0.39 is 0 Å². The van der Waals surface area contributed by atoms with Crippen LogP contribution in [0.5, 0.6) is 5.75 Å². The maximum atomic E-state index is 12.6. The molecular formula is C20H22N4O2S. The predicted molar refractivity (Wildman–Crippen MR) is 110 cm³/mol. The number of anilines is 2. The van der Waals surface area contributed by atoms with Gasteiger partial charge in [0.05, 0.1) is 17.3 Å². The van der Waals surface area contributed by atoms with Gasteiger partial charge in [0.25, 0.3) is 0 Å². The lowest BCUT2D eigenvalue weighted by Gasteiger charge is -2.22. The minimum absolute atomic E-state index is 0.0636. The van der Waals surface area contributed by atoms with E-state index in [4.69, 9.17) is 9.72 Å². The Labute approximate surface area is 162 Å². The molecular weight excluding hydrogens is 360 g/mol. The SMILES string of the molecule is COc1ccc(NC(=O)N2CCCN(c3nc4ccccc4s3)CC2)cc1. The lowest BCUT2D eigenvalue weighted by Crippen LogP contribution is -2.38. The second-order valence-electron chi connectivity index (χ2n) is 6.45. The summed E-state index contributed by atoms with van der Waals surface area (Å²) in [5.74, 6) is 0.772. The number of benzene rings is 2. The van der Waals surface area contributed by atoms with Crippen LogP contribution >= 0.6 is 11.3 Å². The van der Waals surface area contributed by atoms with Gasteiger partial charge >= 0.3 is 6.03 Å². The van der Waals surface area contributed by atoms with Crippen molar-refractivity contribution in [3.05, 3.63) is 48.5 Å². The minimum atomic E-state index is -0.0636. The average Bonchev–Trinajstić information content (AvgIpc) is 2.97. The van der Waals surface area contributed by atoms with Crippen LogP contribution in [0.2, 0.25) is 0 Å². The number of ether oxygens (including phenoxy) is 1. The zero-order valence-electron chi connectivity index (χ0n) is 15.2. The number of nitrogens with one attached hydrogen (secondary N) is 1. The van der Waals surface area contributed by atoms with E-state index in [-0.39, 0.29) is 6.03 Å². The first kappa shape index (κ1) is 17.6. The first-order valence-corrected chi connectivity index (χ1v) is 9.85. The van der Waals surface area contributed by atoms with Crippen molar-refractivity contribution in [1.82, 2.24) is 9.88 Å². The number of hydrogen-bond donors (Lipinski definition) is 1. The Morgan fingerprint density at radius 3 is 2.67 bits per heavy atom. The van der Waals surface area contributed by atoms with Crippen LogP contribution in [0, 0.1) is 0 Å². The monoisotopic (exact) mass is 382 g/mol. The molecule has 0 bridgehead atoms. The summed E-state index contributed by atoms with van der Waals surface area (Å²) in [4.78, 5) is 21.5. The van der Waals surface area contributed by atoms with Crippen molar-refractivity contribution < 1.29 is 9.53 Å². The Kier molecular flexibility index (Phi) is 5.11. The van der Waals surface area contributed by atoms with Crippen LogP contribution < -0.4 is 15.0 Å². The number of nitrogens with zero attached hydrogens (tertiary/aromatic N) is 3. The molecule has 1 saturated heterocycles. The van der Waals surface area contributed by atoms with Crippen LogP contribution in [-0.2, 0) is 0 Å². The molecule has 0 spiro atoms. The van der Waals surface area contributed by atoms with E-state index in [1.54, 1.807) is 18.4 Å². The van der Waals surface area contributed by atoms with Crippen molar-refractivity contribution >= 4 is 38.4 Å². The molecule has 2 heterocycles. The quantitative estimate of drug-likeness (QED) is 0.742. The van der Waals surface area contributed by atoms with Crippen molar-refractivity contribution in [2.75, 3.05) is 43.5 Å². The van der Waals surface area contributed by atoms with Gasteiger partial charge in [-0.15, -0.1) is 0 Å². The Hall–Kier alpha value is -2.80. The number of hydrogen-bond acceptors (Lipinski definition) is 5. The van der Waals surface area contributed by atoms with Crippen LogP contribution in [0.3, 0.4) is 0 Å². The molecule has 0 unspecified atom stereocenters. The zero-order chi connectivity index (χ0) is 18.6. The van der Waals surface area contributed by atoms with E-state index in [0.717, 1.165) is 48.1 Å². The summed E-state index contributed by atoms with van der Waals surface area (Å²) in [5.41, 5.74) is 1.81. The van der Waals surface area contributed by atoms with Gasteiger partial charge in [-0.2, -0.15) is 0 Å². The topological polar surface area (TPSA) is 57.7 Å². The molecule has 3 aromatic rings. The van der Waals surface area contributed by atoms with E-state index in [9.17, 15) is 4.79 Å². The van der Waals surface area contributed by atoms with Gasteiger partial charge in [0.1, 0.15) is 5.75 Å². The molecule has 1 fully saturated rings. The first-order valence-electron chi connectivity index (χ1n) is 9.03. The maximum Gasteiger partial charge on any atom is 0.321 e. The summed E-state index contributed by atoms with van der Waals surface area (Å²) in [5, 5.41) is 4.00. The third-order valence-corrected chi connectivity index (χ3v) is 5.77. The fourth-order valence-electron chi connectivity index (χ4n) is 3.18. The molecule has 4 rings (SSSR count). The standard InChI is InChI=1S/C20H22N4O2S/c1-26-16-9-7-15(8-10-16)21-19(25)23-11-4-12-24(14-13-23)20-22-17-5-2-3-6-18(17)27-20/h2-3,5-10H,4,11-14H2,1H3,(H,21,25). The third kappa shape index (κ3) is 3.98. The van der Waals surface area contributed by atoms with Crippen molar-refractivity contribution in [2.45, 2.75) is 6.42 Å². The molecule has 0 radical (unpaired) electrons. The number of methoxy groups -OCH3 is 1.